The third-order valence-electron chi connectivity index (χ3n) is 2.85. The van der Waals surface area contributed by atoms with E-state index in [0.29, 0.717) is 6.04 Å². The number of thiazole rings is 1. The van der Waals surface area contributed by atoms with E-state index >= 15 is 0 Å². The van der Waals surface area contributed by atoms with Crippen molar-refractivity contribution < 1.29 is 0 Å². The van der Waals surface area contributed by atoms with Crippen LogP contribution in [0.15, 0.2) is 42.9 Å². The molecule has 0 radical (unpaired) electrons. The van der Waals surface area contributed by atoms with E-state index in [2.05, 4.69) is 61.6 Å². The highest BCUT2D eigenvalue weighted by molar-refractivity contribution is 7.13. The summed E-state index contributed by atoms with van der Waals surface area (Å²) in [4.78, 5) is 5.54. The van der Waals surface area contributed by atoms with Crippen molar-refractivity contribution >= 4 is 11.3 Å². The van der Waals surface area contributed by atoms with Crippen molar-refractivity contribution in [2.45, 2.75) is 19.9 Å². The highest BCUT2D eigenvalue weighted by Crippen LogP contribution is 2.27. The highest BCUT2D eigenvalue weighted by atomic mass is 32.1. The lowest BCUT2D eigenvalue weighted by Crippen LogP contribution is -2.11. The van der Waals surface area contributed by atoms with Gasteiger partial charge < -0.3 is 5.32 Å². The molecule has 18 heavy (non-hydrogen) atoms. The minimum atomic E-state index is 0.400. The second-order valence-electron chi connectivity index (χ2n) is 3.90. The molecular formula is C15H20N2S. The lowest BCUT2D eigenvalue weighted by atomic mass is 10.1. The van der Waals surface area contributed by atoms with Gasteiger partial charge in [0.2, 0.25) is 0 Å². The predicted molar refractivity (Wildman–Crippen MR) is 81.0 cm³/mol. The van der Waals surface area contributed by atoms with Gasteiger partial charge in [0.05, 0.1) is 16.1 Å². The van der Waals surface area contributed by atoms with Crippen LogP contribution in [0.3, 0.4) is 0 Å². The van der Waals surface area contributed by atoms with Crippen molar-refractivity contribution in [3.8, 4) is 10.4 Å². The van der Waals surface area contributed by atoms with Crippen LogP contribution in [0, 0.1) is 6.92 Å². The number of aromatic nitrogens is 1. The molecule has 2 aromatic rings. The molecule has 96 valence electrons. The van der Waals surface area contributed by atoms with Crippen molar-refractivity contribution in [2.24, 2.45) is 0 Å². The summed E-state index contributed by atoms with van der Waals surface area (Å²) in [6.07, 6.45) is 0. The van der Waals surface area contributed by atoms with E-state index in [1.807, 2.05) is 12.6 Å². The molecule has 2 nitrogen and oxygen atoms in total. The number of nitrogens with one attached hydrogen (secondary N) is 1. The monoisotopic (exact) mass is 260 g/mol. The van der Waals surface area contributed by atoms with Crippen LogP contribution in [0.1, 0.15) is 24.2 Å². The first kappa shape index (κ1) is 14.6. The quantitative estimate of drug-likeness (QED) is 0.837. The molecule has 1 heterocycles. The second kappa shape index (κ2) is 7.09. The fourth-order valence-corrected chi connectivity index (χ4v) is 2.48. The van der Waals surface area contributed by atoms with Crippen molar-refractivity contribution in [3.05, 3.63) is 54.2 Å². The summed E-state index contributed by atoms with van der Waals surface area (Å²) in [6.45, 7) is 10.2. The van der Waals surface area contributed by atoms with E-state index in [0.717, 1.165) is 5.69 Å². The molecule has 1 N–H and O–H groups in total. The standard InChI is InChI=1S/C13H16N2S.C2H4/c1-9(14-3)11-4-6-12(7-5-11)13-10(2)15-8-16-13;1-2/h4-9,14H,1-3H3;1-2H2. The SMILES string of the molecule is C=C.CNC(C)c1ccc(-c2scnc2C)cc1. The topological polar surface area (TPSA) is 24.9 Å². The number of hydrogen-bond acceptors (Lipinski definition) is 3. The summed E-state index contributed by atoms with van der Waals surface area (Å²) in [6, 6.07) is 9.09. The first-order valence-electron chi connectivity index (χ1n) is 5.90. The molecular weight excluding hydrogens is 240 g/mol. The maximum absolute atomic E-state index is 4.27. The Morgan fingerprint density at radius 2 is 1.83 bits per heavy atom. The van der Waals surface area contributed by atoms with Gasteiger partial charge in [-0.3, -0.25) is 0 Å². The lowest BCUT2D eigenvalue weighted by Gasteiger charge is -2.10. The summed E-state index contributed by atoms with van der Waals surface area (Å²) in [5.41, 5.74) is 5.58. The Hall–Kier alpha value is -1.45. The molecule has 0 aliphatic heterocycles. The van der Waals surface area contributed by atoms with E-state index in [1.165, 1.54) is 16.0 Å². The van der Waals surface area contributed by atoms with Gasteiger partial charge in [0.25, 0.3) is 0 Å². The van der Waals surface area contributed by atoms with Crippen LogP contribution in [0.2, 0.25) is 0 Å². The fourth-order valence-electron chi connectivity index (χ4n) is 1.67. The largest absolute Gasteiger partial charge is 0.313 e. The van der Waals surface area contributed by atoms with Crippen molar-refractivity contribution in [1.82, 2.24) is 10.3 Å². The Balaban J connectivity index is 0.000000771. The summed E-state index contributed by atoms with van der Waals surface area (Å²) >= 11 is 1.70. The molecule has 0 saturated heterocycles. The summed E-state index contributed by atoms with van der Waals surface area (Å²) in [7, 11) is 1.98. The van der Waals surface area contributed by atoms with Gasteiger partial charge in [0.15, 0.2) is 0 Å². The summed E-state index contributed by atoms with van der Waals surface area (Å²) < 4.78 is 0. The van der Waals surface area contributed by atoms with Gasteiger partial charge in [-0.25, -0.2) is 4.98 Å². The Morgan fingerprint density at radius 3 is 2.28 bits per heavy atom. The normalized spacial score (nSPS) is 11.5. The van der Waals surface area contributed by atoms with E-state index in [-0.39, 0.29) is 0 Å². The minimum Gasteiger partial charge on any atom is -0.313 e. The van der Waals surface area contributed by atoms with Crippen molar-refractivity contribution in [1.29, 1.82) is 0 Å². The number of hydrogen-bond donors (Lipinski definition) is 1. The molecule has 0 spiro atoms. The number of rotatable bonds is 3. The molecule has 1 aromatic carbocycles. The Labute approximate surface area is 113 Å². The first-order valence-corrected chi connectivity index (χ1v) is 6.78. The Morgan fingerprint density at radius 1 is 1.22 bits per heavy atom. The summed E-state index contributed by atoms with van der Waals surface area (Å²) in [5, 5.41) is 3.24. The molecule has 0 saturated carbocycles. The molecule has 0 bridgehead atoms. The van der Waals surface area contributed by atoms with E-state index < -0.39 is 0 Å². The third-order valence-corrected chi connectivity index (χ3v) is 3.83. The Bertz CT molecular complexity index is 473. The van der Waals surface area contributed by atoms with Crippen LogP contribution in [-0.4, -0.2) is 12.0 Å². The number of nitrogens with zero attached hydrogens (tertiary/aromatic N) is 1. The minimum absolute atomic E-state index is 0.400. The van der Waals surface area contributed by atoms with E-state index in [1.54, 1.807) is 11.3 Å². The maximum Gasteiger partial charge on any atom is 0.0801 e. The zero-order valence-corrected chi connectivity index (χ0v) is 12.1. The van der Waals surface area contributed by atoms with E-state index in [9.17, 15) is 0 Å². The zero-order chi connectivity index (χ0) is 13.5. The smallest absolute Gasteiger partial charge is 0.0801 e. The molecule has 3 heteroatoms. The maximum atomic E-state index is 4.27. The first-order chi connectivity index (χ1) is 8.72. The third kappa shape index (κ3) is 3.28. The Kier molecular flexibility index (Phi) is 5.75. The van der Waals surface area contributed by atoms with E-state index in [4.69, 9.17) is 0 Å². The molecule has 0 fully saturated rings. The highest BCUT2D eigenvalue weighted by Gasteiger charge is 2.06. The lowest BCUT2D eigenvalue weighted by molar-refractivity contribution is 0.652. The van der Waals surface area contributed by atoms with Gasteiger partial charge >= 0.3 is 0 Å². The average molecular weight is 260 g/mol. The van der Waals surface area contributed by atoms with Crippen molar-refractivity contribution in [2.75, 3.05) is 7.05 Å². The van der Waals surface area contributed by atoms with Crippen LogP contribution in [0.5, 0.6) is 0 Å². The van der Waals surface area contributed by atoms with Gasteiger partial charge in [-0.05, 0) is 32.0 Å². The van der Waals surface area contributed by atoms with Crippen LogP contribution in [0.4, 0.5) is 0 Å². The van der Waals surface area contributed by atoms with Crippen LogP contribution < -0.4 is 5.32 Å². The summed E-state index contributed by atoms with van der Waals surface area (Å²) in [5.74, 6) is 0. The second-order valence-corrected chi connectivity index (χ2v) is 4.75. The van der Waals surface area contributed by atoms with Crippen LogP contribution >= 0.6 is 11.3 Å². The molecule has 1 unspecified atom stereocenters. The number of aryl methyl sites for hydroxylation is 1. The molecule has 0 aliphatic carbocycles. The van der Waals surface area contributed by atoms with Gasteiger partial charge in [0.1, 0.15) is 0 Å². The molecule has 0 amide bonds. The predicted octanol–water partition coefficient (Wildman–Crippen LogP) is 4.20. The molecule has 2 rings (SSSR count). The zero-order valence-electron chi connectivity index (χ0n) is 11.2. The molecule has 0 aliphatic rings. The molecule has 1 atom stereocenters. The van der Waals surface area contributed by atoms with Gasteiger partial charge in [0, 0.05) is 6.04 Å². The van der Waals surface area contributed by atoms with Gasteiger partial charge in [-0.2, -0.15) is 0 Å². The van der Waals surface area contributed by atoms with Gasteiger partial charge in [-0.1, -0.05) is 24.3 Å². The number of benzene rings is 1. The van der Waals surface area contributed by atoms with Crippen LogP contribution in [0.25, 0.3) is 10.4 Å². The van der Waals surface area contributed by atoms with Crippen LogP contribution in [-0.2, 0) is 0 Å². The average Bonchev–Trinajstić information content (AvgIpc) is 2.86. The van der Waals surface area contributed by atoms with Gasteiger partial charge in [-0.15, -0.1) is 24.5 Å². The van der Waals surface area contributed by atoms with Crippen molar-refractivity contribution in [3.63, 3.8) is 0 Å². The molecule has 1 aromatic heterocycles. The fraction of sp³-hybridized carbons (Fsp3) is 0.267.